The first kappa shape index (κ1) is 28.0. The average molecular weight is 651 g/mol. The predicted molar refractivity (Wildman–Crippen MR) is 213 cm³/mol. The van der Waals surface area contributed by atoms with Gasteiger partial charge in [0.25, 0.3) is 0 Å². The summed E-state index contributed by atoms with van der Waals surface area (Å²) in [5.74, 6) is 0.906. The van der Waals surface area contributed by atoms with Gasteiger partial charge in [0.05, 0.1) is 38.8 Å². The van der Waals surface area contributed by atoms with Gasteiger partial charge in [0.1, 0.15) is 5.82 Å². The molecule has 11 rings (SSSR count). The van der Waals surface area contributed by atoms with Crippen molar-refractivity contribution in [3.8, 4) is 28.5 Å². The molecule has 4 heteroatoms. The summed E-state index contributed by atoms with van der Waals surface area (Å²) in [6, 6.07) is 65.2. The molecule has 238 valence electrons. The number of pyridine rings is 1. The van der Waals surface area contributed by atoms with E-state index in [2.05, 4.69) is 196 Å². The Morgan fingerprint density at radius 1 is 0.333 bits per heavy atom. The molecule has 4 aromatic heterocycles. The van der Waals surface area contributed by atoms with Crippen molar-refractivity contribution in [3.05, 3.63) is 182 Å². The van der Waals surface area contributed by atoms with Crippen LogP contribution in [0, 0.1) is 0 Å². The van der Waals surface area contributed by atoms with Crippen LogP contribution in [0.3, 0.4) is 0 Å². The Hall–Kier alpha value is -6.91. The van der Waals surface area contributed by atoms with Gasteiger partial charge in [-0.2, -0.15) is 0 Å². The second kappa shape index (κ2) is 10.8. The van der Waals surface area contributed by atoms with E-state index in [1.54, 1.807) is 0 Å². The minimum absolute atomic E-state index is 0.906. The van der Waals surface area contributed by atoms with Crippen molar-refractivity contribution in [2.75, 3.05) is 0 Å². The largest absolute Gasteiger partial charge is 0.309 e. The zero-order chi connectivity index (χ0) is 33.5. The molecule has 4 nitrogen and oxygen atoms in total. The first-order chi connectivity index (χ1) is 25.3. The molecule has 0 amide bonds. The van der Waals surface area contributed by atoms with Crippen LogP contribution in [0.5, 0.6) is 0 Å². The van der Waals surface area contributed by atoms with Crippen molar-refractivity contribution in [1.82, 2.24) is 18.7 Å². The molecule has 0 atom stereocenters. The van der Waals surface area contributed by atoms with Crippen LogP contribution in [0.2, 0.25) is 0 Å². The minimum Gasteiger partial charge on any atom is -0.309 e. The van der Waals surface area contributed by atoms with Gasteiger partial charge in [0.15, 0.2) is 0 Å². The van der Waals surface area contributed by atoms with Crippen molar-refractivity contribution >= 4 is 65.4 Å². The zero-order valence-corrected chi connectivity index (χ0v) is 27.6. The third-order valence-electron chi connectivity index (χ3n) is 10.4. The van der Waals surface area contributed by atoms with E-state index in [1.807, 2.05) is 0 Å². The number of fused-ring (bicyclic) bond motifs is 10. The molecule has 0 saturated carbocycles. The van der Waals surface area contributed by atoms with Crippen LogP contribution in [0.25, 0.3) is 93.9 Å². The highest BCUT2D eigenvalue weighted by atomic mass is 15.1. The molecule has 0 saturated heterocycles. The molecule has 0 aliphatic heterocycles. The molecule has 0 aliphatic rings. The normalized spacial score (nSPS) is 11.9. The summed E-state index contributed by atoms with van der Waals surface area (Å²) in [6.07, 6.45) is 0. The number of nitrogens with zero attached hydrogens (tertiary/aromatic N) is 4. The summed E-state index contributed by atoms with van der Waals surface area (Å²) in [4.78, 5) is 5.29. The molecular formula is C47H30N4. The molecule has 0 radical (unpaired) electrons. The van der Waals surface area contributed by atoms with Gasteiger partial charge in [0.2, 0.25) is 0 Å². The molecule has 7 aromatic carbocycles. The van der Waals surface area contributed by atoms with Gasteiger partial charge in [-0.05, 0) is 66.7 Å². The van der Waals surface area contributed by atoms with Gasteiger partial charge < -0.3 is 9.13 Å². The predicted octanol–water partition coefficient (Wildman–Crippen LogP) is 12.0. The van der Waals surface area contributed by atoms with Crippen LogP contribution in [0.4, 0.5) is 0 Å². The lowest BCUT2D eigenvalue weighted by Crippen LogP contribution is -1.99. The lowest BCUT2D eigenvalue weighted by atomic mass is 10.1. The van der Waals surface area contributed by atoms with Crippen molar-refractivity contribution in [2.45, 2.75) is 0 Å². The van der Waals surface area contributed by atoms with Gasteiger partial charge in [0, 0.05) is 49.3 Å². The molecule has 51 heavy (non-hydrogen) atoms. The standard InChI is InChI=1S/C47H30N4/c1-2-15-32(16-3-1)50-40-23-8-6-20-36(40)37-28-29-44-46(47(37)50)38-21-7-11-26-43(38)49(44)33-17-12-14-31(30-33)39-22-13-27-45(48-39)51-41-24-9-4-18-34(41)35-19-5-10-25-42(35)51/h1-30H. The van der Waals surface area contributed by atoms with E-state index in [0.717, 1.165) is 39.5 Å². The maximum Gasteiger partial charge on any atom is 0.138 e. The van der Waals surface area contributed by atoms with Gasteiger partial charge >= 0.3 is 0 Å². The quantitative estimate of drug-likeness (QED) is 0.186. The van der Waals surface area contributed by atoms with Crippen LogP contribution < -0.4 is 0 Å². The lowest BCUT2D eigenvalue weighted by molar-refractivity contribution is 1.08. The van der Waals surface area contributed by atoms with E-state index >= 15 is 0 Å². The van der Waals surface area contributed by atoms with Crippen molar-refractivity contribution < 1.29 is 0 Å². The summed E-state index contributed by atoms with van der Waals surface area (Å²) in [5.41, 5.74) is 11.4. The monoisotopic (exact) mass is 650 g/mol. The van der Waals surface area contributed by atoms with Crippen LogP contribution in [0.15, 0.2) is 182 Å². The third-order valence-corrected chi connectivity index (χ3v) is 10.4. The van der Waals surface area contributed by atoms with Crippen LogP contribution in [0.1, 0.15) is 0 Å². The maximum atomic E-state index is 5.29. The summed E-state index contributed by atoms with van der Waals surface area (Å²) in [6.45, 7) is 0. The highest BCUT2D eigenvalue weighted by molar-refractivity contribution is 6.26. The summed E-state index contributed by atoms with van der Waals surface area (Å²) in [7, 11) is 0. The number of benzene rings is 7. The van der Waals surface area contributed by atoms with Crippen molar-refractivity contribution in [3.63, 3.8) is 0 Å². The van der Waals surface area contributed by atoms with Gasteiger partial charge in [-0.15, -0.1) is 0 Å². The highest BCUT2D eigenvalue weighted by Crippen LogP contribution is 2.42. The fraction of sp³-hybridized carbons (Fsp3) is 0. The fourth-order valence-corrected chi connectivity index (χ4v) is 8.31. The van der Waals surface area contributed by atoms with E-state index < -0.39 is 0 Å². The van der Waals surface area contributed by atoms with Gasteiger partial charge in [-0.3, -0.25) is 4.57 Å². The lowest BCUT2D eigenvalue weighted by Gasteiger charge is -2.12. The van der Waals surface area contributed by atoms with Crippen LogP contribution >= 0.6 is 0 Å². The van der Waals surface area contributed by atoms with E-state index in [0.29, 0.717) is 0 Å². The topological polar surface area (TPSA) is 27.7 Å². The minimum atomic E-state index is 0.906. The summed E-state index contributed by atoms with van der Waals surface area (Å²) < 4.78 is 7.13. The summed E-state index contributed by atoms with van der Waals surface area (Å²) >= 11 is 0. The second-order valence-corrected chi connectivity index (χ2v) is 13.2. The molecule has 0 spiro atoms. The number of aromatic nitrogens is 4. The fourth-order valence-electron chi connectivity index (χ4n) is 8.31. The molecular weight excluding hydrogens is 621 g/mol. The zero-order valence-electron chi connectivity index (χ0n) is 27.6. The number of hydrogen-bond donors (Lipinski definition) is 0. The molecule has 0 unspecified atom stereocenters. The number of para-hydroxylation sites is 5. The molecule has 4 heterocycles. The number of rotatable bonds is 4. The van der Waals surface area contributed by atoms with Crippen molar-refractivity contribution in [1.29, 1.82) is 0 Å². The Kier molecular flexibility index (Phi) is 5.92. The van der Waals surface area contributed by atoms with E-state index in [4.69, 9.17) is 4.98 Å². The Morgan fingerprint density at radius 2 is 0.882 bits per heavy atom. The molecule has 0 N–H and O–H groups in total. The van der Waals surface area contributed by atoms with Crippen LogP contribution in [-0.4, -0.2) is 18.7 Å². The summed E-state index contributed by atoms with van der Waals surface area (Å²) in [5, 5.41) is 7.45. The Bertz CT molecular complexity index is 3090. The Labute approximate surface area is 293 Å². The second-order valence-electron chi connectivity index (χ2n) is 13.2. The van der Waals surface area contributed by atoms with E-state index in [-0.39, 0.29) is 0 Å². The number of hydrogen-bond acceptors (Lipinski definition) is 1. The Balaban J connectivity index is 1.14. The average Bonchev–Trinajstić information content (AvgIpc) is 3.84. The third kappa shape index (κ3) is 4.05. The van der Waals surface area contributed by atoms with Gasteiger partial charge in [-0.25, -0.2) is 4.98 Å². The Morgan fingerprint density at radius 3 is 1.59 bits per heavy atom. The first-order valence-electron chi connectivity index (χ1n) is 17.4. The first-order valence-corrected chi connectivity index (χ1v) is 17.4. The van der Waals surface area contributed by atoms with Gasteiger partial charge in [-0.1, -0.05) is 115 Å². The van der Waals surface area contributed by atoms with E-state index in [1.165, 1.54) is 54.4 Å². The molecule has 0 aliphatic carbocycles. The molecule has 11 aromatic rings. The van der Waals surface area contributed by atoms with Crippen LogP contribution in [-0.2, 0) is 0 Å². The SMILES string of the molecule is c1ccc(-n2c3ccccc3c3ccc4c(c5ccccc5n4-c4cccc(-c5cccc(-n6c7ccccc7c7ccccc76)n5)c4)c32)cc1. The molecule has 0 bridgehead atoms. The maximum absolute atomic E-state index is 5.29. The van der Waals surface area contributed by atoms with E-state index in [9.17, 15) is 0 Å². The van der Waals surface area contributed by atoms with Crippen molar-refractivity contribution in [2.24, 2.45) is 0 Å². The highest BCUT2D eigenvalue weighted by Gasteiger charge is 2.21. The molecule has 0 fully saturated rings. The smallest absolute Gasteiger partial charge is 0.138 e.